The number of ketones is 1. The van der Waals surface area contributed by atoms with E-state index in [2.05, 4.69) is 6.58 Å². The Morgan fingerprint density at radius 3 is 2.32 bits per heavy atom. The number of carbonyl (C=O) groups is 1. The molecule has 0 amide bonds. The quantitative estimate of drug-likeness (QED) is 0.562. The maximum atomic E-state index is 12.3. The summed E-state index contributed by atoms with van der Waals surface area (Å²) in [5.41, 5.74) is 3.08. The van der Waals surface area contributed by atoms with Crippen LogP contribution in [0.1, 0.15) is 33.8 Å². The number of allylic oxidation sites excluding steroid dienone is 1. The predicted octanol–water partition coefficient (Wildman–Crippen LogP) is 4.54. The van der Waals surface area contributed by atoms with Crippen molar-refractivity contribution in [2.75, 3.05) is 0 Å². The van der Waals surface area contributed by atoms with Gasteiger partial charge in [0.05, 0.1) is 0 Å². The highest BCUT2D eigenvalue weighted by Crippen LogP contribution is 2.22. The lowest BCUT2D eigenvalue weighted by atomic mass is 9.91. The molecular formula is C18H18O. The van der Waals surface area contributed by atoms with Crippen LogP contribution in [0.5, 0.6) is 0 Å². The zero-order chi connectivity index (χ0) is 13.7. The van der Waals surface area contributed by atoms with Gasteiger partial charge in [-0.1, -0.05) is 66.2 Å². The lowest BCUT2D eigenvalue weighted by molar-refractivity contribution is 0.0978. The van der Waals surface area contributed by atoms with Crippen LogP contribution < -0.4 is 0 Å². The van der Waals surface area contributed by atoms with Crippen molar-refractivity contribution in [3.8, 4) is 0 Å². The summed E-state index contributed by atoms with van der Waals surface area (Å²) in [6.45, 7) is 5.86. The van der Waals surface area contributed by atoms with E-state index in [0.717, 1.165) is 11.1 Å². The van der Waals surface area contributed by atoms with E-state index in [0.29, 0.717) is 6.42 Å². The summed E-state index contributed by atoms with van der Waals surface area (Å²) in [4.78, 5) is 12.3. The van der Waals surface area contributed by atoms with Gasteiger partial charge in [0.2, 0.25) is 0 Å². The van der Waals surface area contributed by atoms with Gasteiger partial charge in [-0.15, -0.1) is 6.58 Å². The summed E-state index contributed by atoms with van der Waals surface area (Å²) in [5, 5.41) is 0. The molecule has 1 unspecified atom stereocenters. The smallest absolute Gasteiger partial charge is 0.163 e. The number of carbonyl (C=O) groups excluding carboxylic acids is 1. The second-order valence-electron chi connectivity index (χ2n) is 4.75. The first kappa shape index (κ1) is 13.3. The molecule has 1 atom stereocenters. The minimum atomic E-state index is 0.0787. The third-order valence-electron chi connectivity index (χ3n) is 3.29. The Kier molecular flexibility index (Phi) is 4.30. The van der Waals surface area contributed by atoms with Crippen LogP contribution in [0.25, 0.3) is 0 Å². The molecule has 0 aliphatic carbocycles. The van der Waals surface area contributed by atoms with Gasteiger partial charge in [0.15, 0.2) is 5.78 Å². The average Bonchev–Trinajstić information content (AvgIpc) is 2.46. The third kappa shape index (κ3) is 3.41. The number of rotatable bonds is 5. The average molecular weight is 250 g/mol. The molecule has 0 N–H and O–H groups in total. The normalized spacial score (nSPS) is 11.8. The fourth-order valence-electron chi connectivity index (χ4n) is 2.09. The lowest BCUT2D eigenvalue weighted by Gasteiger charge is -2.12. The SMILES string of the molecule is C=CC(CC(=O)c1ccc(C)cc1)c1ccccc1. The Morgan fingerprint density at radius 1 is 1.11 bits per heavy atom. The Morgan fingerprint density at radius 2 is 1.74 bits per heavy atom. The van der Waals surface area contributed by atoms with Gasteiger partial charge in [-0.05, 0) is 12.5 Å². The summed E-state index contributed by atoms with van der Waals surface area (Å²) in [5.74, 6) is 0.240. The van der Waals surface area contributed by atoms with Gasteiger partial charge in [0.1, 0.15) is 0 Å². The van der Waals surface area contributed by atoms with Crippen LogP contribution in [-0.4, -0.2) is 5.78 Å². The molecule has 2 aromatic rings. The van der Waals surface area contributed by atoms with E-state index in [-0.39, 0.29) is 11.7 Å². The maximum Gasteiger partial charge on any atom is 0.163 e. The summed E-state index contributed by atoms with van der Waals surface area (Å²) in [7, 11) is 0. The molecule has 0 aliphatic heterocycles. The lowest BCUT2D eigenvalue weighted by Crippen LogP contribution is -2.05. The van der Waals surface area contributed by atoms with E-state index in [1.54, 1.807) is 0 Å². The minimum Gasteiger partial charge on any atom is -0.294 e. The molecule has 0 aliphatic rings. The van der Waals surface area contributed by atoms with Crippen LogP contribution in [0.4, 0.5) is 0 Å². The molecule has 0 saturated carbocycles. The molecule has 0 aromatic heterocycles. The number of aryl methyl sites for hydroxylation is 1. The van der Waals surface area contributed by atoms with Crippen molar-refractivity contribution >= 4 is 5.78 Å². The van der Waals surface area contributed by atoms with Gasteiger partial charge in [-0.3, -0.25) is 4.79 Å². The van der Waals surface area contributed by atoms with Crippen molar-refractivity contribution in [2.24, 2.45) is 0 Å². The molecule has 0 spiro atoms. The monoisotopic (exact) mass is 250 g/mol. The fraction of sp³-hybridized carbons (Fsp3) is 0.167. The van der Waals surface area contributed by atoms with E-state index < -0.39 is 0 Å². The van der Waals surface area contributed by atoms with Gasteiger partial charge < -0.3 is 0 Å². The molecule has 19 heavy (non-hydrogen) atoms. The summed E-state index contributed by atoms with van der Waals surface area (Å²) < 4.78 is 0. The highest BCUT2D eigenvalue weighted by Gasteiger charge is 2.14. The van der Waals surface area contributed by atoms with Crippen molar-refractivity contribution in [3.63, 3.8) is 0 Å². The van der Waals surface area contributed by atoms with Gasteiger partial charge >= 0.3 is 0 Å². The Hall–Kier alpha value is -2.15. The van der Waals surface area contributed by atoms with E-state index in [1.165, 1.54) is 5.56 Å². The molecule has 96 valence electrons. The summed E-state index contributed by atoms with van der Waals surface area (Å²) in [6, 6.07) is 17.8. The molecule has 0 heterocycles. The van der Waals surface area contributed by atoms with Gasteiger partial charge in [0.25, 0.3) is 0 Å². The van der Waals surface area contributed by atoms with Crippen LogP contribution in [-0.2, 0) is 0 Å². The van der Waals surface area contributed by atoms with Crippen LogP contribution in [0.3, 0.4) is 0 Å². The predicted molar refractivity (Wildman–Crippen MR) is 79.5 cm³/mol. The molecule has 0 bridgehead atoms. The molecule has 2 rings (SSSR count). The first-order chi connectivity index (χ1) is 9.20. The second-order valence-corrected chi connectivity index (χ2v) is 4.75. The van der Waals surface area contributed by atoms with Crippen molar-refractivity contribution < 1.29 is 4.79 Å². The molecule has 2 aromatic carbocycles. The van der Waals surface area contributed by atoms with Crippen molar-refractivity contribution in [1.82, 2.24) is 0 Å². The van der Waals surface area contributed by atoms with Crippen molar-refractivity contribution in [2.45, 2.75) is 19.3 Å². The highest BCUT2D eigenvalue weighted by molar-refractivity contribution is 5.96. The number of Topliss-reactive ketones (excluding diaryl/α,β-unsaturated/α-hetero) is 1. The Labute approximate surface area is 114 Å². The van der Waals surface area contributed by atoms with E-state index in [4.69, 9.17) is 0 Å². The molecule has 1 nitrogen and oxygen atoms in total. The van der Waals surface area contributed by atoms with E-state index in [1.807, 2.05) is 67.6 Å². The molecule has 0 saturated heterocycles. The number of hydrogen-bond donors (Lipinski definition) is 0. The van der Waals surface area contributed by atoms with Crippen molar-refractivity contribution in [1.29, 1.82) is 0 Å². The number of benzene rings is 2. The zero-order valence-corrected chi connectivity index (χ0v) is 11.2. The van der Waals surface area contributed by atoms with Crippen LogP contribution in [0.15, 0.2) is 67.3 Å². The van der Waals surface area contributed by atoms with Crippen LogP contribution >= 0.6 is 0 Å². The highest BCUT2D eigenvalue weighted by atomic mass is 16.1. The minimum absolute atomic E-state index is 0.0787. The largest absolute Gasteiger partial charge is 0.294 e. The van der Waals surface area contributed by atoms with E-state index in [9.17, 15) is 4.79 Å². The summed E-state index contributed by atoms with van der Waals surface area (Å²) >= 11 is 0. The van der Waals surface area contributed by atoms with Crippen LogP contribution in [0, 0.1) is 6.92 Å². The Balaban J connectivity index is 2.13. The van der Waals surface area contributed by atoms with Gasteiger partial charge in [-0.25, -0.2) is 0 Å². The molecule has 0 fully saturated rings. The second kappa shape index (κ2) is 6.14. The first-order valence-corrected chi connectivity index (χ1v) is 6.48. The van der Waals surface area contributed by atoms with Gasteiger partial charge in [-0.2, -0.15) is 0 Å². The zero-order valence-electron chi connectivity index (χ0n) is 11.2. The fourth-order valence-corrected chi connectivity index (χ4v) is 2.09. The first-order valence-electron chi connectivity index (χ1n) is 6.48. The summed E-state index contributed by atoms with van der Waals surface area (Å²) in [6.07, 6.45) is 2.32. The standard InChI is InChI=1S/C18H18O/c1-3-15(16-7-5-4-6-8-16)13-18(19)17-11-9-14(2)10-12-17/h3-12,15H,1,13H2,2H3. The topological polar surface area (TPSA) is 17.1 Å². The molecule has 1 heteroatoms. The van der Waals surface area contributed by atoms with E-state index >= 15 is 0 Å². The number of hydrogen-bond acceptors (Lipinski definition) is 1. The van der Waals surface area contributed by atoms with Gasteiger partial charge in [0, 0.05) is 17.9 Å². The van der Waals surface area contributed by atoms with Crippen molar-refractivity contribution in [3.05, 3.63) is 83.9 Å². The molecular weight excluding hydrogens is 232 g/mol. The molecule has 0 radical (unpaired) electrons. The van der Waals surface area contributed by atoms with Crippen LogP contribution in [0.2, 0.25) is 0 Å². The maximum absolute atomic E-state index is 12.3. The third-order valence-corrected chi connectivity index (χ3v) is 3.29. The Bertz CT molecular complexity index is 552.